The summed E-state index contributed by atoms with van der Waals surface area (Å²) in [6.07, 6.45) is 2.23. The van der Waals surface area contributed by atoms with E-state index in [0.717, 1.165) is 54.6 Å². The lowest BCUT2D eigenvalue weighted by Crippen LogP contribution is -2.49. The molecule has 7 heterocycles. The molecule has 3 amide bonds. The van der Waals surface area contributed by atoms with Crippen LogP contribution in [0, 0.1) is 27.2 Å². The number of halogens is 4. The van der Waals surface area contributed by atoms with Gasteiger partial charge in [0, 0.05) is 125 Å². The van der Waals surface area contributed by atoms with E-state index in [2.05, 4.69) is 19.8 Å². The number of esters is 1. The largest absolute Gasteiger partial charge is 0.477 e. The van der Waals surface area contributed by atoms with Crippen LogP contribution in [0.25, 0.3) is 32.7 Å². The number of rotatable bonds is 25. The molecular formula is C77H88Cl4N14O12S. The van der Waals surface area contributed by atoms with Crippen LogP contribution in [-0.4, -0.2) is 245 Å². The first kappa shape index (κ1) is 81.1. The third kappa shape index (κ3) is 20.3. The number of ether oxygens (including phenoxy) is 4. The van der Waals surface area contributed by atoms with Crippen LogP contribution in [0.4, 0.5) is 28.4 Å². The normalized spacial score (nSPS) is 13.9. The number of carbonyl (C=O) groups excluding carboxylic acids is 4. The third-order valence-corrected chi connectivity index (χ3v) is 20.6. The zero-order valence-corrected chi connectivity index (χ0v) is 65.5. The number of amides is 3. The number of benzene rings is 5. The minimum atomic E-state index is -0.472. The van der Waals surface area contributed by atoms with Crippen molar-refractivity contribution in [2.75, 3.05) is 182 Å². The van der Waals surface area contributed by atoms with Crippen LogP contribution in [0.15, 0.2) is 121 Å². The number of nitro groups is 2. The Hall–Kier alpha value is -9.45. The highest BCUT2D eigenvalue weighted by atomic mass is 35.5. The maximum Gasteiger partial charge on any atom is 0.354 e. The quantitative estimate of drug-likeness (QED) is 0.0223. The number of anilines is 3. The number of pyridine rings is 3. The van der Waals surface area contributed by atoms with Gasteiger partial charge in [-0.25, -0.2) is 19.7 Å². The lowest BCUT2D eigenvalue weighted by atomic mass is 10.0. The summed E-state index contributed by atoms with van der Waals surface area (Å²) in [6, 6.07) is 34.1. The van der Waals surface area contributed by atoms with Crippen molar-refractivity contribution < 1.29 is 48.0 Å². The molecule has 108 heavy (non-hydrogen) atoms. The highest BCUT2D eigenvalue weighted by Crippen LogP contribution is 2.45. The Morgan fingerprint density at radius 2 is 0.870 bits per heavy atom. The predicted octanol–water partition coefficient (Wildman–Crippen LogP) is 13.6. The molecule has 572 valence electrons. The molecule has 3 fully saturated rings. The Morgan fingerprint density at radius 3 is 1.27 bits per heavy atom. The van der Waals surface area contributed by atoms with Gasteiger partial charge in [-0.3, -0.25) is 34.6 Å². The van der Waals surface area contributed by atoms with Gasteiger partial charge in [0.05, 0.1) is 83.5 Å². The van der Waals surface area contributed by atoms with Gasteiger partial charge in [0.25, 0.3) is 29.5 Å². The van der Waals surface area contributed by atoms with Crippen molar-refractivity contribution in [3.8, 4) is 17.6 Å². The first-order valence-corrected chi connectivity index (χ1v) is 37.9. The van der Waals surface area contributed by atoms with E-state index in [9.17, 15) is 39.4 Å². The van der Waals surface area contributed by atoms with Gasteiger partial charge in [-0.15, -0.1) is 11.3 Å². The molecule has 26 nitrogen and oxygen atoms in total. The second-order valence-electron chi connectivity index (χ2n) is 26.7. The van der Waals surface area contributed by atoms with Crippen molar-refractivity contribution in [3.63, 3.8) is 0 Å². The van der Waals surface area contributed by atoms with Crippen molar-refractivity contribution in [1.82, 2.24) is 44.4 Å². The van der Waals surface area contributed by atoms with E-state index in [1.165, 1.54) is 11.3 Å². The van der Waals surface area contributed by atoms with Crippen LogP contribution in [-0.2, 0) is 4.74 Å². The Labute approximate surface area is 651 Å². The number of piperazine rings is 3. The minimum Gasteiger partial charge on any atom is -0.477 e. The predicted molar refractivity (Wildman–Crippen MR) is 427 cm³/mol. The van der Waals surface area contributed by atoms with Crippen molar-refractivity contribution in [2.24, 2.45) is 0 Å². The summed E-state index contributed by atoms with van der Waals surface area (Å²) < 4.78 is 23.2. The molecule has 0 aliphatic carbocycles. The van der Waals surface area contributed by atoms with E-state index >= 15 is 0 Å². The molecule has 0 bridgehead atoms. The Morgan fingerprint density at radius 1 is 0.472 bits per heavy atom. The van der Waals surface area contributed by atoms with Crippen LogP contribution in [0.5, 0.6) is 17.6 Å². The van der Waals surface area contributed by atoms with Crippen LogP contribution in [0.2, 0.25) is 20.1 Å². The van der Waals surface area contributed by atoms with Gasteiger partial charge in [-0.05, 0) is 148 Å². The second kappa shape index (κ2) is 38.1. The zero-order valence-electron chi connectivity index (χ0n) is 61.7. The molecule has 3 saturated heterocycles. The van der Waals surface area contributed by atoms with Crippen molar-refractivity contribution in [2.45, 2.75) is 33.1 Å². The summed E-state index contributed by atoms with van der Waals surface area (Å²) in [4.78, 5) is 108. The van der Waals surface area contributed by atoms with Crippen molar-refractivity contribution in [3.05, 3.63) is 188 Å². The smallest absolute Gasteiger partial charge is 0.354 e. The van der Waals surface area contributed by atoms with E-state index in [4.69, 9.17) is 70.3 Å². The van der Waals surface area contributed by atoms with Gasteiger partial charge in [0.15, 0.2) is 0 Å². The molecule has 3 aliphatic rings. The van der Waals surface area contributed by atoms with E-state index < -0.39 is 15.8 Å². The second-order valence-corrected chi connectivity index (χ2v) is 29.3. The molecule has 0 unspecified atom stereocenters. The standard InChI is InChI=1S/C29H34Cl2N4O4.C25H27Cl2N5O4.C23H27N5O4S/c1-5-38-29(37)25-26(21-17-19(2)7-10-24(21)32-27(25)39-16-6-11-33(3)4)34-12-14-35(15-13-34)28(36)20-8-9-22(30)23(31)18-20;1-29(2)10-5-15-36-24-23(32(34)35)22(18-6-3-4-7-21(18)28-24)30-11-13-31(14-12-30)25(33)17-8-9-19(26)20(27)16-17;1-25(2)10-6-15-32-22-21(28(30)31)20(17-7-3-4-8-18(17)24-22)26-11-13-27(14-12-26)23(29)19-9-5-16-33-19/h7-10,17-18H,5-6,11-16H2,1-4H3;3-4,6-9,16H,5,10-15H2,1-2H3;3-5,7-9,16H,6,10-15H2,1-2H3. The van der Waals surface area contributed by atoms with E-state index in [0.29, 0.717) is 180 Å². The maximum atomic E-state index is 13.4. The number of aromatic nitrogens is 3. The molecule has 0 radical (unpaired) electrons. The van der Waals surface area contributed by atoms with E-state index in [1.807, 2.05) is 153 Å². The van der Waals surface area contributed by atoms with Gasteiger partial charge in [-0.2, -0.15) is 0 Å². The molecule has 0 N–H and O–H groups in total. The fourth-order valence-corrected chi connectivity index (χ4v) is 14.2. The average molecular weight is 1580 g/mol. The maximum absolute atomic E-state index is 13.4. The van der Waals surface area contributed by atoms with E-state index in [1.54, 1.807) is 58.0 Å². The number of carbonyl (C=O) groups is 4. The molecule has 3 aliphatic heterocycles. The molecule has 0 saturated carbocycles. The van der Waals surface area contributed by atoms with Crippen molar-refractivity contribution in [1.29, 1.82) is 0 Å². The molecular weight excluding hydrogens is 1490 g/mol. The summed E-state index contributed by atoms with van der Waals surface area (Å²) in [5.41, 5.74) is 5.76. The van der Waals surface area contributed by atoms with Crippen molar-refractivity contribution >= 4 is 143 Å². The fraction of sp³-hybridized carbons (Fsp3) is 0.390. The van der Waals surface area contributed by atoms with Gasteiger partial charge < -0.3 is 63.0 Å². The average Bonchev–Trinajstić information content (AvgIpc) is 0.768. The lowest BCUT2D eigenvalue weighted by molar-refractivity contribution is -0.385. The number of nitrogens with zero attached hydrogens (tertiary/aromatic N) is 14. The van der Waals surface area contributed by atoms with Gasteiger partial charge in [0.1, 0.15) is 16.9 Å². The number of aryl methyl sites for hydroxylation is 1. The summed E-state index contributed by atoms with van der Waals surface area (Å²) >= 11 is 25.7. The topological polar surface area (TPSA) is 259 Å². The molecule has 12 rings (SSSR count). The number of thiophene rings is 1. The highest BCUT2D eigenvalue weighted by Gasteiger charge is 2.36. The summed E-state index contributed by atoms with van der Waals surface area (Å²) in [6.45, 7) is 13.1. The van der Waals surface area contributed by atoms with Gasteiger partial charge >= 0.3 is 17.3 Å². The molecule has 9 aromatic rings. The fourth-order valence-electron chi connectivity index (χ4n) is 12.9. The van der Waals surface area contributed by atoms with Crippen LogP contribution < -0.4 is 28.9 Å². The summed E-state index contributed by atoms with van der Waals surface area (Å²) in [5.74, 6) is -0.408. The Balaban J connectivity index is 0.000000173. The van der Waals surface area contributed by atoms with Crippen LogP contribution in [0.1, 0.15) is 72.5 Å². The molecule has 31 heteroatoms. The van der Waals surface area contributed by atoms with E-state index in [-0.39, 0.29) is 53.3 Å². The molecule has 5 aromatic carbocycles. The van der Waals surface area contributed by atoms with Crippen LogP contribution >= 0.6 is 57.7 Å². The first-order valence-electron chi connectivity index (χ1n) is 35.6. The lowest BCUT2D eigenvalue weighted by Gasteiger charge is -2.37. The van der Waals surface area contributed by atoms with Gasteiger partial charge in [0.2, 0.25) is 5.88 Å². The summed E-state index contributed by atoms with van der Waals surface area (Å²) in [7, 11) is 11.9. The summed E-state index contributed by atoms with van der Waals surface area (Å²) in [5, 5.41) is 30.0. The first-order chi connectivity index (χ1) is 51.9. The molecule has 0 atom stereocenters. The third-order valence-electron chi connectivity index (χ3n) is 18.2. The number of hydrogen-bond acceptors (Lipinski definition) is 22. The highest BCUT2D eigenvalue weighted by molar-refractivity contribution is 7.12. The number of para-hydroxylation sites is 2. The molecule has 0 spiro atoms. The Bertz CT molecular complexity index is 4690. The van der Waals surface area contributed by atoms with Gasteiger partial charge in [-0.1, -0.05) is 100 Å². The monoisotopic (exact) mass is 1570 g/mol. The SMILES string of the molecule is CCOC(=O)c1c(OCCCN(C)C)nc2ccc(C)cc2c1N1CCN(C(=O)c2ccc(Cl)c(Cl)c2)CC1.CN(C)CCCOc1nc2ccccc2c(N2CCN(C(=O)c3ccc(Cl)c(Cl)c3)CC2)c1[N+](=O)[O-].CN(C)CCCOc1nc2ccccc2c(N2CCN(C(=O)c3cccs3)CC2)c1[N+](=O)[O-]. The number of hydrogen-bond donors (Lipinski definition) is 0. The van der Waals surface area contributed by atoms with Crippen LogP contribution in [0.3, 0.4) is 0 Å². The zero-order chi connectivity index (χ0) is 77.3. The Kier molecular flexibility index (Phi) is 28.6. The molecule has 4 aromatic heterocycles. The minimum absolute atomic E-state index is 0.00338. The number of fused-ring (bicyclic) bond motifs is 3.